The van der Waals surface area contributed by atoms with Gasteiger partial charge in [-0.1, -0.05) is 6.92 Å². The summed E-state index contributed by atoms with van der Waals surface area (Å²) >= 11 is 0. The Morgan fingerprint density at radius 2 is 2.05 bits per heavy atom. The lowest BCUT2D eigenvalue weighted by molar-refractivity contribution is 0.105. The molecule has 3 aromatic heterocycles. The first-order valence-electron chi connectivity index (χ1n) is 12.2. The maximum Gasteiger partial charge on any atom is 0.277 e. The molecule has 0 unspecified atom stereocenters. The van der Waals surface area contributed by atoms with E-state index in [2.05, 4.69) is 19.8 Å². The third kappa shape index (κ3) is 6.09. The van der Waals surface area contributed by atoms with Gasteiger partial charge in [0.1, 0.15) is 23.9 Å². The molecular weight excluding hydrogens is 498 g/mol. The summed E-state index contributed by atoms with van der Waals surface area (Å²) in [6.45, 7) is 6.84. The highest BCUT2D eigenvalue weighted by atomic mass is 32.2. The molecule has 4 aromatic rings. The molecule has 11 nitrogen and oxygen atoms in total. The van der Waals surface area contributed by atoms with Crippen molar-refractivity contribution >= 4 is 15.5 Å². The maximum absolute atomic E-state index is 13.0. The number of fused-ring (bicyclic) bond motifs is 1. The lowest BCUT2D eigenvalue weighted by atomic mass is 10.2. The van der Waals surface area contributed by atoms with Gasteiger partial charge in [0.15, 0.2) is 11.3 Å². The van der Waals surface area contributed by atoms with Gasteiger partial charge in [0.05, 0.1) is 29.0 Å². The molecule has 0 radical (unpaired) electrons. The van der Waals surface area contributed by atoms with E-state index in [1.807, 2.05) is 19.9 Å². The van der Waals surface area contributed by atoms with E-state index in [9.17, 15) is 13.2 Å². The lowest BCUT2D eigenvalue weighted by Crippen LogP contribution is -2.25. The number of hydrogen-bond donors (Lipinski definition) is 2. The first-order valence-corrected chi connectivity index (χ1v) is 13.7. The number of furan rings is 1. The fraction of sp³-hybridized carbons (Fsp3) is 0.400. The summed E-state index contributed by atoms with van der Waals surface area (Å²) in [5.41, 5.74) is 0.951. The van der Waals surface area contributed by atoms with Crippen LogP contribution in [0.25, 0.3) is 16.9 Å². The Labute approximate surface area is 214 Å². The Kier molecular flexibility index (Phi) is 8.41. The van der Waals surface area contributed by atoms with Crippen molar-refractivity contribution in [2.75, 3.05) is 19.8 Å². The molecule has 1 aromatic carbocycles. The van der Waals surface area contributed by atoms with E-state index in [0.717, 1.165) is 6.42 Å². The number of nitrogens with one attached hydrogen (secondary N) is 2. The standard InChI is InChI=1S/C25H31N5O6S/c1-4-8-22-27-17(3)23-25(31)28-24(29-30(22)23)20-15-19(10-11-21(20)35-5-2)37(32,33)26-12-7-13-34-16-18-9-6-14-36-18/h6,9-11,14-15,26H,4-5,7-8,12-13,16H2,1-3H3,(H,28,29,31). The minimum Gasteiger partial charge on any atom is -0.493 e. The third-order valence-corrected chi connectivity index (χ3v) is 7.07. The van der Waals surface area contributed by atoms with Gasteiger partial charge < -0.3 is 18.9 Å². The molecule has 0 saturated carbocycles. The molecule has 12 heteroatoms. The van der Waals surface area contributed by atoms with Gasteiger partial charge in [-0.05, 0) is 57.0 Å². The Balaban J connectivity index is 1.57. The molecule has 0 aliphatic rings. The Morgan fingerprint density at radius 3 is 2.78 bits per heavy atom. The highest BCUT2D eigenvalue weighted by molar-refractivity contribution is 7.89. The van der Waals surface area contributed by atoms with Crippen LogP contribution >= 0.6 is 0 Å². The summed E-state index contributed by atoms with van der Waals surface area (Å²) in [5, 5.41) is 4.61. The molecule has 2 N–H and O–H groups in total. The molecule has 0 atom stereocenters. The minimum absolute atomic E-state index is 0.0285. The Bertz CT molecular complexity index is 1510. The van der Waals surface area contributed by atoms with Gasteiger partial charge in [-0.3, -0.25) is 4.79 Å². The zero-order chi connectivity index (χ0) is 26.4. The second-order valence-corrected chi connectivity index (χ2v) is 10.2. The molecule has 198 valence electrons. The molecule has 0 spiro atoms. The van der Waals surface area contributed by atoms with Crippen LogP contribution in [0.5, 0.6) is 5.75 Å². The van der Waals surface area contributed by atoms with Gasteiger partial charge in [0.25, 0.3) is 5.56 Å². The predicted molar refractivity (Wildman–Crippen MR) is 137 cm³/mol. The molecule has 4 rings (SSSR count). The van der Waals surface area contributed by atoms with Crippen LogP contribution in [-0.2, 0) is 27.8 Å². The number of imidazole rings is 1. The Morgan fingerprint density at radius 1 is 1.22 bits per heavy atom. The quantitative estimate of drug-likeness (QED) is 0.252. The van der Waals surface area contributed by atoms with Crippen LogP contribution in [0.2, 0.25) is 0 Å². The lowest BCUT2D eigenvalue weighted by Gasteiger charge is -2.13. The first-order chi connectivity index (χ1) is 17.8. The number of aromatic amines is 1. The van der Waals surface area contributed by atoms with E-state index in [4.69, 9.17) is 13.9 Å². The second-order valence-electron chi connectivity index (χ2n) is 8.40. The number of aromatic nitrogens is 4. The van der Waals surface area contributed by atoms with Crippen molar-refractivity contribution in [1.29, 1.82) is 0 Å². The number of rotatable bonds is 13. The fourth-order valence-corrected chi connectivity index (χ4v) is 5.02. The molecule has 3 heterocycles. The third-order valence-electron chi connectivity index (χ3n) is 5.61. The minimum atomic E-state index is -3.84. The van der Waals surface area contributed by atoms with Gasteiger partial charge in [-0.25, -0.2) is 22.6 Å². The van der Waals surface area contributed by atoms with Gasteiger partial charge in [-0.15, -0.1) is 5.10 Å². The summed E-state index contributed by atoms with van der Waals surface area (Å²) < 4.78 is 46.6. The second kappa shape index (κ2) is 11.7. The molecule has 0 saturated heterocycles. The van der Waals surface area contributed by atoms with Crippen molar-refractivity contribution in [2.45, 2.75) is 51.5 Å². The van der Waals surface area contributed by atoms with Crippen molar-refractivity contribution < 1.29 is 22.3 Å². The van der Waals surface area contributed by atoms with Crippen molar-refractivity contribution in [3.8, 4) is 17.1 Å². The van der Waals surface area contributed by atoms with Crippen LogP contribution in [0, 0.1) is 6.92 Å². The SMILES string of the molecule is CCCc1nc(C)c2c(=O)[nH]c(-c3cc(S(=O)(=O)NCCCOCc4ccco4)ccc3OCC)nn12. The first kappa shape index (κ1) is 26.6. The van der Waals surface area contributed by atoms with Gasteiger partial charge in [0, 0.05) is 19.6 Å². The molecule has 0 bridgehead atoms. The Hall–Kier alpha value is -3.48. The van der Waals surface area contributed by atoms with Gasteiger partial charge in [0.2, 0.25) is 10.0 Å². The van der Waals surface area contributed by atoms with E-state index in [1.165, 1.54) is 16.6 Å². The molecule has 37 heavy (non-hydrogen) atoms. The average molecular weight is 530 g/mol. The topological polar surface area (TPSA) is 141 Å². The van der Waals surface area contributed by atoms with Crippen LogP contribution in [0.1, 0.15) is 44.0 Å². The molecule has 0 fully saturated rings. The highest BCUT2D eigenvalue weighted by Crippen LogP contribution is 2.30. The summed E-state index contributed by atoms with van der Waals surface area (Å²) in [4.78, 5) is 20.2. The van der Waals surface area contributed by atoms with Crippen molar-refractivity contribution in [3.63, 3.8) is 0 Å². The van der Waals surface area contributed by atoms with Crippen LogP contribution in [0.3, 0.4) is 0 Å². The zero-order valence-electron chi connectivity index (χ0n) is 21.1. The van der Waals surface area contributed by atoms with Gasteiger partial charge in [-0.2, -0.15) is 0 Å². The molecule has 0 aliphatic heterocycles. The average Bonchev–Trinajstić information content (AvgIpc) is 3.50. The molecule has 0 aliphatic carbocycles. The summed E-state index contributed by atoms with van der Waals surface area (Å²) in [5.74, 6) is 1.98. The summed E-state index contributed by atoms with van der Waals surface area (Å²) in [6.07, 6.45) is 3.53. The van der Waals surface area contributed by atoms with Crippen molar-refractivity contribution in [1.82, 2.24) is 24.3 Å². The number of nitrogens with zero attached hydrogens (tertiary/aromatic N) is 3. The smallest absolute Gasteiger partial charge is 0.277 e. The highest BCUT2D eigenvalue weighted by Gasteiger charge is 2.20. The summed E-state index contributed by atoms with van der Waals surface area (Å²) in [7, 11) is -3.84. The number of hydrogen-bond acceptors (Lipinski definition) is 8. The molecule has 0 amide bonds. The van der Waals surface area contributed by atoms with Gasteiger partial charge >= 0.3 is 0 Å². The number of aryl methyl sites for hydroxylation is 2. The summed E-state index contributed by atoms with van der Waals surface area (Å²) in [6, 6.07) is 8.07. The predicted octanol–water partition coefficient (Wildman–Crippen LogP) is 3.22. The van der Waals surface area contributed by atoms with E-state index < -0.39 is 10.0 Å². The van der Waals surface area contributed by atoms with Crippen molar-refractivity contribution in [2.24, 2.45) is 0 Å². The number of H-pyrrole nitrogens is 1. The molecular formula is C25H31N5O6S. The fourth-order valence-electron chi connectivity index (χ4n) is 3.92. The van der Waals surface area contributed by atoms with E-state index >= 15 is 0 Å². The van der Waals surface area contributed by atoms with E-state index in [1.54, 1.807) is 25.3 Å². The van der Waals surface area contributed by atoms with Crippen LogP contribution in [0.4, 0.5) is 0 Å². The van der Waals surface area contributed by atoms with Crippen LogP contribution in [0.15, 0.2) is 50.7 Å². The monoisotopic (exact) mass is 529 g/mol. The van der Waals surface area contributed by atoms with Crippen molar-refractivity contribution in [3.05, 3.63) is 64.2 Å². The van der Waals surface area contributed by atoms with Crippen LogP contribution < -0.4 is 15.0 Å². The largest absolute Gasteiger partial charge is 0.493 e. The number of sulfonamides is 1. The van der Waals surface area contributed by atoms with E-state index in [0.29, 0.717) is 66.8 Å². The van der Waals surface area contributed by atoms with Crippen LogP contribution in [-0.4, -0.2) is 47.8 Å². The maximum atomic E-state index is 13.0. The zero-order valence-corrected chi connectivity index (χ0v) is 21.9. The normalized spacial score (nSPS) is 11.9. The number of ether oxygens (including phenoxy) is 2. The van der Waals surface area contributed by atoms with E-state index in [-0.39, 0.29) is 22.8 Å². The number of benzene rings is 1.